The van der Waals surface area contributed by atoms with Crippen molar-refractivity contribution in [1.82, 2.24) is 4.90 Å². The fraction of sp³-hybridized carbons (Fsp3) is 0.417. The van der Waals surface area contributed by atoms with E-state index in [0.29, 0.717) is 20.7 Å². The minimum Gasteiger partial charge on any atom is -0.496 e. The number of hydrogen-bond donors (Lipinski definition) is 0. The third-order valence-corrected chi connectivity index (χ3v) is 3.05. The molecule has 1 amide bonds. The summed E-state index contributed by atoms with van der Waals surface area (Å²) in [6, 6.07) is 4.80. The van der Waals surface area contributed by atoms with E-state index >= 15 is 0 Å². The first-order valence-corrected chi connectivity index (χ1v) is 6.23. The van der Waals surface area contributed by atoms with Crippen LogP contribution in [0.15, 0.2) is 22.7 Å². The zero-order chi connectivity index (χ0) is 15.5. The van der Waals surface area contributed by atoms with Crippen LogP contribution in [0, 0.1) is 0 Å². The predicted molar refractivity (Wildman–Crippen MR) is 68.1 cm³/mol. The number of methoxy groups -OCH3 is 1. The van der Waals surface area contributed by atoms with Crippen molar-refractivity contribution in [2.24, 2.45) is 0 Å². The van der Waals surface area contributed by atoms with Crippen LogP contribution < -0.4 is 4.74 Å². The summed E-state index contributed by atoms with van der Waals surface area (Å²) in [6.07, 6.45) is -4.04. The van der Waals surface area contributed by atoms with Crippen molar-refractivity contribution in [2.75, 3.05) is 14.2 Å². The number of nitrogens with zero attached hydrogens (tertiary/aromatic N) is 1. The Labute approximate surface area is 121 Å². The second-order valence-corrected chi connectivity index (χ2v) is 4.96. The molecule has 0 spiro atoms. The third kappa shape index (κ3) is 3.62. The number of halogens is 5. The maximum absolute atomic E-state index is 13.0. The van der Waals surface area contributed by atoms with Crippen molar-refractivity contribution in [2.45, 2.75) is 18.9 Å². The van der Waals surface area contributed by atoms with Gasteiger partial charge in [-0.15, -0.1) is 0 Å². The van der Waals surface area contributed by atoms with Gasteiger partial charge in [0.25, 0.3) is 5.91 Å². The molecule has 0 heterocycles. The van der Waals surface area contributed by atoms with E-state index in [2.05, 4.69) is 15.9 Å². The summed E-state index contributed by atoms with van der Waals surface area (Å²) in [5.41, 5.74) is 0.419. The lowest BCUT2D eigenvalue weighted by Gasteiger charge is -2.23. The standard InChI is InChI=1S/C12H12BrF4NO2/c1-18(11(19)12(16,17)10(14)15)6-7-5-8(13)3-4-9(7)20-2/h3-5,10H,6H2,1-2H3. The lowest BCUT2D eigenvalue weighted by atomic mass is 10.2. The number of carbonyl (C=O) groups excluding carboxylic acids is 1. The molecule has 0 saturated heterocycles. The zero-order valence-electron chi connectivity index (χ0n) is 10.7. The molecule has 0 aliphatic heterocycles. The molecule has 1 rings (SSSR count). The monoisotopic (exact) mass is 357 g/mol. The van der Waals surface area contributed by atoms with Gasteiger partial charge in [-0.05, 0) is 18.2 Å². The number of hydrogen-bond acceptors (Lipinski definition) is 2. The van der Waals surface area contributed by atoms with Crippen LogP contribution in [-0.2, 0) is 11.3 Å². The van der Waals surface area contributed by atoms with E-state index in [9.17, 15) is 22.4 Å². The van der Waals surface area contributed by atoms with E-state index in [1.165, 1.54) is 7.11 Å². The van der Waals surface area contributed by atoms with Crippen molar-refractivity contribution >= 4 is 21.8 Å². The third-order valence-electron chi connectivity index (χ3n) is 2.56. The van der Waals surface area contributed by atoms with Gasteiger partial charge < -0.3 is 9.64 Å². The van der Waals surface area contributed by atoms with Gasteiger partial charge in [-0.25, -0.2) is 8.78 Å². The van der Waals surface area contributed by atoms with Crippen molar-refractivity contribution in [3.05, 3.63) is 28.2 Å². The summed E-state index contributed by atoms with van der Waals surface area (Å²) in [4.78, 5) is 11.9. The Bertz CT molecular complexity index is 496. The molecule has 1 aromatic carbocycles. The molecule has 0 fully saturated rings. The summed E-state index contributed by atoms with van der Waals surface area (Å²) < 4.78 is 55.9. The molecule has 20 heavy (non-hydrogen) atoms. The molecule has 8 heteroatoms. The highest BCUT2D eigenvalue weighted by atomic mass is 79.9. The smallest absolute Gasteiger partial charge is 0.383 e. The number of benzene rings is 1. The number of carbonyl (C=O) groups is 1. The Morgan fingerprint density at radius 1 is 1.45 bits per heavy atom. The van der Waals surface area contributed by atoms with Gasteiger partial charge in [-0.2, -0.15) is 8.78 Å². The fourth-order valence-corrected chi connectivity index (χ4v) is 1.95. The van der Waals surface area contributed by atoms with Gasteiger partial charge in [-0.3, -0.25) is 4.79 Å². The van der Waals surface area contributed by atoms with Crippen LogP contribution in [0.4, 0.5) is 17.6 Å². The quantitative estimate of drug-likeness (QED) is 0.756. The van der Waals surface area contributed by atoms with Crippen LogP contribution in [0.1, 0.15) is 5.56 Å². The number of ether oxygens (including phenoxy) is 1. The highest BCUT2D eigenvalue weighted by Crippen LogP contribution is 2.28. The van der Waals surface area contributed by atoms with Gasteiger partial charge in [0.1, 0.15) is 5.75 Å². The van der Waals surface area contributed by atoms with Gasteiger partial charge in [-0.1, -0.05) is 15.9 Å². The van der Waals surface area contributed by atoms with Crippen LogP contribution in [0.2, 0.25) is 0 Å². The van der Waals surface area contributed by atoms with Crippen LogP contribution in [-0.4, -0.2) is 37.3 Å². The molecule has 0 aliphatic carbocycles. The molecule has 0 aromatic heterocycles. The first-order valence-electron chi connectivity index (χ1n) is 5.44. The van der Waals surface area contributed by atoms with Gasteiger partial charge in [0.2, 0.25) is 0 Å². The van der Waals surface area contributed by atoms with Crippen molar-refractivity contribution < 1.29 is 27.1 Å². The largest absolute Gasteiger partial charge is 0.496 e. The molecule has 0 aliphatic rings. The van der Waals surface area contributed by atoms with Crippen LogP contribution >= 0.6 is 15.9 Å². The molecule has 0 atom stereocenters. The van der Waals surface area contributed by atoms with Crippen molar-refractivity contribution in [3.63, 3.8) is 0 Å². The molecule has 0 radical (unpaired) electrons. The lowest BCUT2D eigenvalue weighted by molar-refractivity contribution is -0.179. The van der Waals surface area contributed by atoms with Gasteiger partial charge in [0.05, 0.1) is 7.11 Å². The van der Waals surface area contributed by atoms with E-state index in [0.717, 1.165) is 7.05 Å². The van der Waals surface area contributed by atoms with E-state index in [4.69, 9.17) is 4.74 Å². The molecular weight excluding hydrogens is 346 g/mol. The predicted octanol–water partition coefficient (Wildman–Crippen LogP) is 3.32. The molecule has 112 valence electrons. The van der Waals surface area contributed by atoms with Crippen LogP contribution in [0.3, 0.4) is 0 Å². The zero-order valence-corrected chi connectivity index (χ0v) is 12.3. The summed E-state index contributed by atoms with van der Waals surface area (Å²) in [5, 5.41) is 0. The number of alkyl halides is 4. The van der Waals surface area contributed by atoms with Crippen LogP contribution in [0.25, 0.3) is 0 Å². The normalized spacial score (nSPS) is 11.6. The van der Waals surface area contributed by atoms with Crippen molar-refractivity contribution in [1.29, 1.82) is 0 Å². The highest BCUT2D eigenvalue weighted by molar-refractivity contribution is 9.10. The molecule has 0 N–H and O–H groups in total. The lowest BCUT2D eigenvalue weighted by Crippen LogP contribution is -2.45. The minimum atomic E-state index is -4.70. The van der Waals surface area contributed by atoms with Gasteiger partial charge in [0, 0.05) is 23.6 Å². The highest BCUT2D eigenvalue weighted by Gasteiger charge is 2.50. The first kappa shape index (κ1) is 16.7. The molecule has 1 aromatic rings. The van der Waals surface area contributed by atoms with E-state index in [1.807, 2.05) is 0 Å². The molecular formula is C12H12BrF4NO2. The van der Waals surface area contributed by atoms with Crippen molar-refractivity contribution in [3.8, 4) is 5.75 Å². The summed E-state index contributed by atoms with van der Waals surface area (Å²) in [7, 11) is 2.40. The maximum Gasteiger partial charge on any atom is 0.383 e. The Morgan fingerprint density at radius 2 is 2.05 bits per heavy atom. The van der Waals surface area contributed by atoms with Gasteiger partial charge in [0.15, 0.2) is 0 Å². The molecule has 0 unspecified atom stereocenters. The SMILES string of the molecule is COc1ccc(Br)cc1CN(C)C(=O)C(F)(F)C(F)F. The summed E-state index contributed by atoms with van der Waals surface area (Å²) in [6.45, 7) is -0.274. The summed E-state index contributed by atoms with van der Waals surface area (Å²) >= 11 is 3.19. The van der Waals surface area contributed by atoms with E-state index < -0.39 is 18.3 Å². The molecule has 3 nitrogen and oxygen atoms in total. The van der Waals surface area contributed by atoms with E-state index in [1.54, 1.807) is 18.2 Å². The van der Waals surface area contributed by atoms with E-state index in [-0.39, 0.29) is 6.54 Å². The number of amides is 1. The number of rotatable bonds is 5. The van der Waals surface area contributed by atoms with Crippen LogP contribution in [0.5, 0.6) is 5.75 Å². The Morgan fingerprint density at radius 3 is 2.55 bits per heavy atom. The Hall–Kier alpha value is -1.31. The molecule has 0 saturated carbocycles. The topological polar surface area (TPSA) is 29.5 Å². The average molecular weight is 358 g/mol. The fourth-order valence-electron chi connectivity index (χ4n) is 1.55. The minimum absolute atomic E-state index is 0.274. The molecule has 0 bridgehead atoms. The average Bonchev–Trinajstić information content (AvgIpc) is 2.37. The van der Waals surface area contributed by atoms with Gasteiger partial charge >= 0.3 is 12.3 Å². The second kappa shape index (κ2) is 6.43. The summed E-state index contributed by atoms with van der Waals surface area (Å²) in [5.74, 6) is -6.27. The maximum atomic E-state index is 13.0. The Balaban J connectivity index is 2.93. The second-order valence-electron chi connectivity index (χ2n) is 4.04. The Kier molecular flexibility index (Phi) is 5.38. The first-order chi connectivity index (χ1) is 9.20.